The monoisotopic (exact) mass is 182 g/mol. The molecule has 0 aromatic heterocycles. The number of hydrogen-bond acceptors (Lipinski definition) is 3. The van der Waals surface area contributed by atoms with Crippen molar-refractivity contribution in [1.29, 1.82) is 5.26 Å². The Morgan fingerprint density at radius 1 is 1.46 bits per heavy atom. The van der Waals surface area contributed by atoms with Crippen LogP contribution in [0.15, 0.2) is 11.5 Å². The van der Waals surface area contributed by atoms with Crippen molar-refractivity contribution in [3.63, 3.8) is 0 Å². The van der Waals surface area contributed by atoms with E-state index in [1.807, 2.05) is 27.7 Å². The Labute approximate surface area is 80.4 Å². The van der Waals surface area contributed by atoms with Crippen molar-refractivity contribution in [2.45, 2.75) is 39.7 Å². The van der Waals surface area contributed by atoms with Crippen LogP contribution in [0, 0.1) is 11.3 Å². The predicted molar refractivity (Wildman–Crippen MR) is 52.8 cm³/mol. The maximum absolute atomic E-state index is 8.87. The summed E-state index contributed by atoms with van der Waals surface area (Å²) >= 11 is 0. The van der Waals surface area contributed by atoms with Gasteiger partial charge in [-0.25, -0.2) is 0 Å². The zero-order valence-corrected chi connectivity index (χ0v) is 9.06. The van der Waals surface area contributed by atoms with Crippen LogP contribution in [0.4, 0.5) is 0 Å². The number of ether oxygens (including phenoxy) is 1. The van der Waals surface area contributed by atoms with Gasteiger partial charge in [-0.2, -0.15) is 5.26 Å². The van der Waals surface area contributed by atoms with Gasteiger partial charge < -0.3 is 10.1 Å². The highest BCUT2D eigenvalue weighted by atomic mass is 16.5. The van der Waals surface area contributed by atoms with E-state index < -0.39 is 0 Å². The molecule has 0 radical (unpaired) electrons. The molecule has 1 N–H and O–H groups in total. The molecule has 0 fully saturated rings. The molecule has 3 nitrogen and oxygen atoms in total. The molecular formula is C10H18N2O. The van der Waals surface area contributed by atoms with Gasteiger partial charge in [0.15, 0.2) is 5.70 Å². The van der Waals surface area contributed by atoms with Gasteiger partial charge >= 0.3 is 0 Å². The molecule has 0 aromatic rings. The summed E-state index contributed by atoms with van der Waals surface area (Å²) in [6.45, 7) is 7.98. The van der Waals surface area contributed by atoms with Crippen LogP contribution >= 0.6 is 0 Å². The van der Waals surface area contributed by atoms with E-state index in [1.54, 1.807) is 7.11 Å². The largest absolute Gasteiger partial charge is 0.498 e. The average molecular weight is 182 g/mol. The van der Waals surface area contributed by atoms with Gasteiger partial charge in [-0.3, -0.25) is 0 Å². The summed E-state index contributed by atoms with van der Waals surface area (Å²) in [4.78, 5) is 0. The molecule has 0 heterocycles. The Morgan fingerprint density at radius 3 is 2.23 bits per heavy atom. The van der Waals surface area contributed by atoms with Crippen LogP contribution in [-0.4, -0.2) is 12.6 Å². The summed E-state index contributed by atoms with van der Waals surface area (Å²) in [6, 6.07) is 2.10. The minimum Gasteiger partial charge on any atom is -0.498 e. The SMILES string of the molecule is CC/C(OC)=C(\C#N)NC(C)(C)C. The van der Waals surface area contributed by atoms with Crippen LogP contribution < -0.4 is 5.32 Å². The van der Waals surface area contributed by atoms with E-state index in [0.29, 0.717) is 11.5 Å². The first-order chi connectivity index (χ1) is 5.94. The van der Waals surface area contributed by atoms with Gasteiger partial charge in [0, 0.05) is 12.0 Å². The van der Waals surface area contributed by atoms with E-state index in [-0.39, 0.29) is 5.54 Å². The quantitative estimate of drug-likeness (QED) is 0.537. The molecule has 0 saturated heterocycles. The zero-order chi connectivity index (χ0) is 10.5. The van der Waals surface area contributed by atoms with Crippen molar-refractivity contribution in [2.24, 2.45) is 0 Å². The van der Waals surface area contributed by atoms with Gasteiger partial charge in [-0.1, -0.05) is 6.92 Å². The van der Waals surface area contributed by atoms with Crippen molar-refractivity contribution in [3.8, 4) is 6.07 Å². The molecule has 0 atom stereocenters. The highest BCUT2D eigenvalue weighted by molar-refractivity contribution is 5.23. The minimum atomic E-state index is -0.107. The number of rotatable bonds is 3. The van der Waals surface area contributed by atoms with Crippen LogP contribution in [0.3, 0.4) is 0 Å². The summed E-state index contributed by atoms with van der Waals surface area (Å²) in [7, 11) is 1.58. The number of nitriles is 1. The van der Waals surface area contributed by atoms with E-state index in [1.165, 1.54) is 0 Å². The molecule has 0 rings (SSSR count). The molecule has 0 amide bonds. The summed E-state index contributed by atoms with van der Waals surface area (Å²) in [5.74, 6) is 0.706. The van der Waals surface area contributed by atoms with E-state index in [2.05, 4.69) is 11.4 Å². The first-order valence-corrected chi connectivity index (χ1v) is 4.40. The molecule has 0 spiro atoms. The standard InChI is InChI=1S/C10H18N2O/c1-6-9(13-5)8(7-11)12-10(2,3)4/h12H,6H2,1-5H3/b9-8-. The third kappa shape index (κ3) is 4.41. The number of nitrogens with zero attached hydrogens (tertiary/aromatic N) is 1. The molecule has 74 valence electrons. The molecule has 3 heteroatoms. The second-order valence-corrected chi connectivity index (χ2v) is 3.84. The fourth-order valence-corrected chi connectivity index (χ4v) is 0.958. The van der Waals surface area contributed by atoms with Gasteiger partial charge in [0.05, 0.1) is 7.11 Å². The van der Waals surface area contributed by atoms with E-state index in [9.17, 15) is 0 Å². The van der Waals surface area contributed by atoms with Crippen LogP contribution in [-0.2, 0) is 4.74 Å². The number of nitrogens with one attached hydrogen (secondary N) is 1. The third-order valence-electron chi connectivity index (χ3n) is 1.46. The summed E-state index contributed by atoms with van der Waals surface area (Å²) in [5, 5.41) is 12.0. The Hall–Kier alpha value is -1.17. The number of hydrogen-bond donors (Lipinski definition) is 1. The summed E-state index contributed by atoms with van der Waals surface area (Å²) in [5.41, 5.74) is 0.418. The Bertz CT molecular complexity index is 224. The Morgan fingerprint density at radius 2 is 2.00 bits per heavy atom. The third-order valence-corrected chi connectivity index (χ3v) is 1.46. The molecule has 0 aliphatic rings. The van der Waals surface area contributed by atoms with Crippen LogP contribution in [0.5, 0.6) is 0 Å². The molecule has 0 bridgehead atoms. The summed E-state index contributed by atoms with van der Waals surface area (Å²) in [6.07, 6.45) is 0.725. The van der Waals surface area contributed by atoms with Crippen LogP contribution in [0.2, 0.25) is 0 Å². The molecule has 0 unspecified atom stereocenters. The first kappa shape index (κ1) is 11.8. The number of methoxy groups -OCH3 is 1. The van der Waals surface area contributed by atoms with Gasteiger partial charge in [0.25, 0.3) is 0 Å². The second-order valence-electron chi connectivity index (χ2n) is 3.84. The lowest BCUT2D eigenvalue weighted by molar-refractivity contribution is 0.271. The van der Waals surface area contributed by atoms with Gasteiger partial charge in [0.2, 0.25) is 0 Å². The predicted octanol–water partition coefficient (Wildman–Crippen LogP) is 2.17. The van der Waals surface area contributed by atoms with Crippen LogP contribution in [0.1, 0.15) is 34.1 Å². The fourth-order valence-electron chi connectivity index (χ4n) is 0.958. The van der Waals surface area contributed by atoms with E-state index in [0.717, 1.165) is 6.42 Å². The lowest BCUT2D eigenvalue weighted by atomic mass is 10.1. The minimum absolute atomic E-state index is 0.107. The Balaban J connectivity index is 4.70. The van der Waals surface area contributed by atoms with Crippen molar-refractivity contribution in [1.82, 2.24) is 5.32 Å². The van der Waals surface area contributed by atoms with Gasteiger partial charge in [0.1, 0.15) is 11.8 Å². The van der Waals surface area contributed by atoms with Crippen LogP contribution in [0.25, 0.3) is 0 Å². The highest BCUT2D eigenvalue weighted by Gasteiger charge is 2.14. The smallest absolute Gasteiger partial charge is 0.152 e. The molecule has 0 aliphatic heterocycles. The first-order valence-electron chi connectivity index (χ1n) is 4.40. The molecule has 13 heavy (non-hydrogen) atoms. The molecule has 0 saturated carbocycles. The maximum Gasteiger partial charge on any atom is 0.152 e. The average Bonchev–Trinajstić information content (AvgIpc) is 2.02. The van der Waals surface area contributed by atoms with E-state index in [4.69, 9.17) is 10.00 Å². The molecule has 0 aliphatic carbocycles. The van der Waals surface area contributed by atoms with Crippen molar-refractivity contribution < 1.29 is 4.74 Å². The van der Waals surface area contributed by atoms with Crippen molar-refractivity contribution >= 4 is 0 Å². The lowest BCUT2D eigenvalue weighted by Crippen LogP contribution is -2.35. The number of allylic oxidation sites excluding steroid dienone is 2. The van der Waals surface area contributed by atoms with Crippen molar-refractivity contribution in [2.75, 3.05) is 7.11 Å². The molecular weight excluding hydrogens is 164 g/mol. The van der Waals surface area contributed by atoms with Crippen molar-refractivity contribution in [3.05, 3.63) is 11.5 Å². The highest BCUT2D eigenvalue weighted by Crippen LogP contribution is 2.10. The zero-order valence-electron chi connectivity index (χ0n) is 9.06. The lowest BCUT2D eigenvalue weighted by Gasteiger charge is -2.22. The maximum atomic E-state index is 8.87. The van der Waals surface area contributed by atoms with E-state index >= 15 is 0 Å². The fraction of sp³-hybridized carbons (Fsp3) is 0.700. The molecule has 0 aromatic carbocycles. The van der Waals surface area contributed by atoms with Gasteiger partial charge in [-0.15, -0.1) is 0 Å². The summed E-state index contributed by atoms with van der Waals surface area (Å²) < 4.78 is 5.09. The topological polar surface area (TPSA) is 45.0 Å². The Kier molecular flexibility index (Phi) is 4.33. The second kappa shape index (κ2) is 4.76. The van der Waals surface area contributed by atoms with Gasteiger partial charge in [-0.05, 0) is 20.8 Å². The normalized spacial score (nSPS) is 12.9.